The molecule has 0 amide bonds. The maximum atomic E-state index is 10.4. The van der Waals surface area contributed by atoms with Gasteiger partial charge >= 0.3 is 7.12 Å². The van der Waals surface area contributed by atoms with Crippen LogP contribution >= 0.6 is 0 Å². The molecule has 2 heterocycles. The van der Waals surface area contributed by atoms with Gasteiger partial charge in [-0.3, -0.25) is 9.80 Å². The SMILES string of the molecule is CC1(C)CCCN(Cc2cccc(CN3CCCC(C)(C)C3(C)C)c2B(O)O)C1(C)C. The molecule has 0 unspecified atom stereocenters. The number of benzene rings is 1. The van der Waals surface area contributed by atoms with Crippen molar-refractivity contribution in [2.24, 2.45) is 10.8 Å². The highest BCUT2D eigenvalue weighted by molar-refractivity contribution is 6.59. The van der Waals surface area contributed by atoms with E-state index in [2.05, 4.69) is 83.4 Å². The van der Waals surface area contributed by atoms with Gasteiger partial charge in [0.15, 0.2) is 0 Å². The third kappa shape index (κ3) is 4.48. The second kappa shape index (κ2) is 8.48. The largest absolute Gasteiger partial charge is 0.489 e. The molecule has 4 nitrogen and oxygen atoms in total. The second-order valence-corrected chi connectivity index (χ2v) is 12.3. The summed E-state index contributed by atoms with van der Waals surface area (Å²) >= 11 is 0. The monoisotopic (exact) mass is 428 g/mol. The maximum absolute atomic E-state index is 10.4. The highest BCUT2D eigenvalue weighted by Gasteiger charge is 2.45. The molecular weight excluding hydrogens is 383 g/mol. The van der Waals surface area contributed by atoms with Crippen molar-refractivity contribution in [1.29, 1.82) is 0 Å². The Morgan fingerprint density at radius 3 is 1.48 bits per heavy atom. The molecule has 0 radical (unpaired) electrons. The van der Waals surface area contributed by atoms with Crippen molar-refractivity contribution in [2.45, 2.75) is 105 Å². The van der Waals surface area contributed by atoms with Crippen molar-refractivity contribution in [3.63, 3.8) is 0 Å². The molecule has 0 saturated carbocycles. The molecule has 0 aliphatic carbocycles. The quantitative estimate of drug-likeness (QED) is 0.692. The van der Waals surface area contributed by atoms with E-state index in [1.165, 1.54) is 25.7 Å². The van der Waals surface area contributed by atoms with Crippen LogP contribution in [0.4, 0.5) is 0 Å². The Morgan fingerprint density at radius 1 is 0.742 bits per heavy atom. The van der Waals surface area contributed by atoms with E-state index in [-0.39, 0.29) is 21.9 Å². The fourth-order valence-corrected chi connectivity index (χ4v) is 5.69. The van der Waals surface area contributed by atoms with Crippen LogP contribution in [-0.2, 0) is 13.1 Å². The molecule has 5 heteroatoms. The van der Waals surface area contributed by atoms with E-state index in [4.69, 9.17) is 0 Å². The topological polar surface area (TPSA) is 46.9 Å². The lowest BCUT2D eigenvalue weighted by Crippen LogP contribution is -2.58. The molecule has 2 aliphatic rings. The second-order valence-electron chi connectivity index (χ2n) is 12.3. The molecule has 31 heavy (non-hydrogen) atoms. The minimum atomic E-state index is -1.45. The van der Waals surface area contributed by atoms with Gasteiger partial charge in [0.25, 0.3) is 0 Å². The molecule has 1 aromatic carbocycles. The lowest BCUT2D eigenvalue weighted by atomic mass is 9.66. The third-order valence-electron chi connectivity index (χ3n) is 9.62. The fourth-order valence-electron chi connectivity index (χ4n) is 5.69. The first-order chi connectivity index (χ1) is 14.2. The predicted molar refractivity (Wildman–Crippen MR) is 131 cm³/mol. The molecule has 2 N–H and O–H groups in total. The lowest BCUT2D eigenvalue weighted by Gasteiger charge is -2.54. The molecule has 0 atom stereocenters. The first kappa shape index (κ1) is 24.8. The summed E-state index contributed by atoms with van der Waals surface area (Å²) in [6.45, 7) is 22.4. The van der Waals surface area contributed by atoms with Gasteiger partial charge in [-0.1, -0.05) is 45.9 Å². The van der Waals surface area contributed by atoms with Gasteiger partial charge in [-0.15, -0.1) is 0 Å². The minimum absolute atomic E-state index is 0.0534. The van der Waals surface area contributed by atoms with E-state index in [1.54, 1.807) is 0 Å². The van der Waals surface area contributed by atoms with Crippen LogP contribution in [-0.4, -0.2) is 51.1 Å². The summed E-state index contributed by atoms with van der Waals surface area (Å²) < 4.78 is 0. The highest BCUT2D eigenvalue weighted by Crippen LogP contribution is 2.45. The van der Waals surface area contributed by atoms with E-state index in [0.29, 0.717) is 5.46 Å². The van der Waals surface area contributed by atoms with E-state index < -0.39 is 7.12 Å². The summed E-state index contributed by atoms with van der Waals surface area (Å²) in [5.74, 6) is 0. The summed E-state index contributed by atoms with van der Waals surface area (Å²) in [5, 5.41) is 20.9. The molecule has 2 aliphatic heterocycles. The number of hydrogen-bond donors (Lipinski definition) is 2. The standard InChI is InChI=1S/C26H45BN2O2/c1-23(2)14-10-16-28(25(23,5)6)18-20-12-9-13-21(22(20)27(30)31)19-29-17-11-15-24(3,4)26(29,7)8/h9,12-13,30-31H,10-11,14-19H2,1-8H3. The lowest BCUT2D eigenvalue weighted by molar-refractivity contribution is -0.0368. The van der Waals surface area contributed by atoms with Gasteiger partial charge in [0.1, 0.15) is 0 Å². The van der Waals surface area contributed by atoms with E-state index in [0.717, 1.165) is 37.3 Å². The molecule has 174 valence electrons. The third-order valence-corrected chi connectivity index (χ3v) is 9.62. The van der Waals surface area contributed by atoms with Gasteiger partial charge in [-0.05, 0) is 93.9 Å². The van der Waals surface area contributed by atoms with Crippen molar-refractivity contribution in [3.8, 4) is 0 Å². The van der Waals surface area contributed by atoms with Crippen molar-refractivity contribution < 1.29 is 10.0 Å². The van der Waals surface area contributed by atoms with Gasteiger partial charge in [-0.25, -0.2) is 0 Å². The zero-order valence-corrected chi connectivity index (χ0v) is 21.3. The van der Waals surface area contributed by atoms with Gasteiger partial charge in [-0.2, -0.15) is 0 Å². The molecule has 0 bridgehead atoms. The van der Waals surface area contributed by atoms with E-state index in [1.807, 2.05) is 0 Å². The number of nitrogens with zero attached hydrogens (tertiary/aromatic N) is 2. The minimum Gasteiger partial charge on any atom is -0.423 e. The van der Waals surface area contributed by atoms with Crippen LogP contribution in [0.25, 0.3) is 0 Å². The number of piperidine rings is 2. The van der Waals surface area contributed by atoms with Gasteiger partial charge < -0.3 is 10.0 Å². The Balaban J connectivity index is 1.92. The Bertz CT molecular complexity index is 727. The van der Waals surface area contributed by atoms with Crippen LogP contribution in [0.3, 0.4) is 0 Å². The fraction of sp³-hybridized carbons (Fsp3) is 0.769. The molecule has 3 rings (SSSR count). The average molecular weight is 428 g/mol. The summed E-state index contributed by atoms with van der Waals surface area (Å²) in [6.07, 6.45) is 4.83. The summed E-state index contributed by atoms with van der Waals surface area (Å²) in [4.78, 5) is 5.07. The van der Waals surface area contributed by atoms with Crippen LogP contribution in [0, 0.1) is 10.8 Å². The van der Waals surface area contributed by atoms with Crippen LogP contribution in [0.15, 0.2) is 18.2 Å². The highest BCUT2D eigenvalue weighted by atomic mass is 16.4. The zero-order chi connectivity index (χ0) is 23.2. The molecule has 1 aromatic rings. The van der Waals surface area contributed by atoms with E-state index in [9.17, 15) is 10.0 Å². The number of rotatable bonds is 5. The van der Waals surface area contributed by atoms with Gasteiger partial charge in [0.2, 0.25) is 0 Å². The number of likely N-dealkylation sites (tertiary alicyclic amines) is 2. The van der Waals surface area contributed by atoms with Crippen molar-refractivity contribution >= 4 is 12.6 Å². The Hall–Kier alpha value is -0.875. The molecular formula is C26H45BN2O2. The summed E-state index contributed by atoms with van der Waals surface area (Å²) in [5.41, 5.74) is 3.37. The van der Waals surface area contributed by atoms with Crippen LogP contribution in [0.2, 0.25) is 0 Å². The van der Waals surface area contributed by atoms with Crippen LogP contribution < -0.4 is 5.46 Å². The van der Waals surface area contributed by atoms with Gasteiger partial charge in [0, 0.05) is 24.2 Å². The first-order valence-electron chi connectivity index (χ1n) is 12.2. The van der Waals surface area contributed by atoms with Crippen molar-refractivity contribution in [1.82, 2.24) is 9.80 Å². The number of hydrogen-bond acceptors (Lipinski definition) is 4. The predicted octanol–water partition coefficient (Wildman–Crippen LogP) is 4.17. The molecule has 0 aromatic heterocycles. The average Bonchev–Trinajstić information content (AvgIpc) is 2.63. The molecule has 2 saturated heterocycles. The normalized spacial score (nSPS) is 25.4. The molecule has 0 spiro atoms. The summed E-state index contributed by atoms with van der Waals surface area (Å²) in [6, 6.07) is 6.27. The van der Waals surface area contributed by atoms with E-state index >= 15 is 0 Å². The smallest absolute Gasteiger partial charge is 0.423 e. The molecule has 2 fully saturated rings. The van der Waals surface area contributed by atoms with Crippen LogP contribution in [0.5, 0.6) is 0 Å². The van der Waals surface area contributed by atoms with Crippen molar-refractivity contribution in [2.75, 3.05) is 13.1 Å². The first-order valence-corrected chi connectivity index (χ1v) is 12.2. The Morgan fingerprint density at radius 2 is 1.13 bits per heavy atom. The van der Waals surface area contributed by atoms with Gasteiger partial charge in [0.05, 0.1) is 0 Å². The van der Waals surface area contributed by atoms with Crippen LogP contribution in [0.1, 0.15) is 92.2 Å². The summed E-state index contributed by atoms with van der Waals surface area (Å²) in [7, 11) is -1.45. The Kier molecular flexibility index (Phi) is 6.77. The zero-order valence-electron chi connectivity index (χ0n) is 21.3. The van der Waals surface area contributed by atoms with Crippen molar-refractivity contribution in [3.05, 3.63) is 29.3 Å². The Labute approximate surface area is 191 Å². The maximum Gasteiger partial charge on any atom is 0.489 e.